The van der Waals surface area contributed by atoms with Crippen molar-refractivity contribution in [2.24, 2.45) is 0 Å². The Balaban J connectivity index is 2.44. The highest BCUT2D eigenvalue weighted by molar-refractivity contribution is 5.29. The first-order valence-corrected chi connectivity index (χ1v) is 3.88. The van der Waals surface area contributed by atoms with Crippen LogP contribution < -0.4 is 5.32 Å². The van der Waals surface area contributed by atoms with E-state index < -0.39 is 0 Å². The molecule has 0 spiro atoms. The molecule has 0 amide bonds. The Bertz CT molecular complexity index is 271. The summed E-state index contributed by atoms with van der Waals surface area (Å²) < 4.78 is 0. The molecule has 0 atom stereocenters. The monoisotopic (exact) mass is 161 g/mol. The van der Waals surface area contributed by atoms with Gasteiger partial charge in [0.1, 0.15) is 6.33 Å². The molecule has 1 N–H and O–H groups in total. The van der Waals surface area contributed by atoms with Crippen molar-refractivity contribution in [2.75, 3.05) is 13.1 Å². The van der Waals surface area contributed by atoms with Gasteiger partial charge in [-0.15, -0.1) is 0 Å². The second-order valence-corrected chi connectivity index (χ2v) is 2.21. The van der Waals surface area contributed by atoms with Gasteiger partial charge in [-0.2, -0.15) is 0 Å². The highest BCUT2D eigenvalue weighted by Crippen LogP contribution is 1.86. The van der Waals surface area contributed by atoms with Crippen LogP contribution in [0.25, 0.3) is 0 Å². The minimum Gasteiger partial charge on any atom is -0.306 e. The Morgan fingerprint density at radius 1 is 1.42 bits per heavy atom. The first kappa shape index (κ1) is 8.69. The number of aromatic nitrogens is 2. The fraction of sp³-hybridized carbons (Fsp3) is 0.333. The minimum absolute atomic E-state index is 0.714. The number of hydrogen-bond acceptors (Lipinski definition) is 3. The number of nitrogens with zero attached hydrogens (tertiary/aromatic N) is 2. The van der Waals surface area contributed by atoms with Gasteiger partial charge in [-0.1, -0.05) is 18.8 Å². The maximum Gasteiger partial charge on any atom is 0.115 e. The summed E-state index contributed by atoms with van der Waals surface area (Å²) in [5.74, 6) is 5.90. The van der Waals surface area contributed by atoms with E-state index in [0.717, 1.165) is 12.1 Å². The first-order valence-electron chi connectivity index (χ1n) is 3.88. The number of rotatable bonds is 2. The lowest BCUT2D eigenvalue weighted by Crippen LogP contribution is -2.11. The zero-order chi connectivity index (χ0) is 8.65. The number of nitrogens with one attached hydrogen (secondary N) is 1. The van der Waals surface area contributed by atoms with Crippen molar-refractivity contribution in [3.05, 3.63) is 24.3 Å². The zero-order valence-corrected chi connectivity index (χ0v) is 7.04. The van der Waals surface area contributed by atoms with Crippen molar-refractivity contribution in [1.82, 2.24) is 15.3 Å². The predicted molar refractivity (Wildman–Crippen MR) is 47.5 cm³/mol. The first-order chi connectivity index (χ1) is 5.93. The van der Waals surface area contributed by atoms with Gasteiger partial charge in [0.15, 0.2) is 0 Å². The lowest BCUT2D eigenvalue weighted by Gasteiger charge is -1.89. The summed E-state index contributed by atoms with van der Waals surface area (Å²) in [5.41, 5.74) is 0.857. The summed E-state index contributed by atoms with van der Waals surface area (Å²) in [6, 6.07) is 0. The molecule has 1 aromatic heterocycles. The van der Waals surface area contributed by atoms with E-state index in [1.54, 1.807) is 12.4 Å². The van der Waals surface area contributed by atoms with Gasteiger partial charge < -0.3 is 5.32 Å². The maximum atomic E-state index is 3.85. The van der Waals surface area contributed by atoms with Crippen LogP contribution in [0.2, 0.25) is 0 Å². The Morgan fingerprint density at radius 2 is 2.17 bits per heavy atom. The van der Waals surface area contributed by atoms with Gasteiger partial charge in [0.25, 0.3) is 0 Å². The van der Waals surface area contributed by atoms with Gasteiger partial charge in [0, 0.05) is 12.4 Å². The molecule has 0 aromatic carbocycles. The minimum atomic E-state index is 0.714. The zero-order valence-electron chi connectivity index (χ0n) is 7.04. The summed E-state index contributed by atoms with van der Waals surface area (Å²) in [6.07, 6.45) is 4.90. The lowest BCUT2D eigenvalue weighted by atomic mass is 10.3. The SMILES string of the molecule is CCNCC#Cc1cncnc1. The summed E-state index contributed by atoms with van der Waals surface area (Å²) >= 11 is 0. The van der Waals surface area contributed by atoms with Crippen molar-refractivity contribution >= 4 is 0 Å². The summed E-state index contributed by atoms with van der Waals surface area (Å²) in [7, 11) is 0. The molecular formula is C9H11N3. The van der Waals surface area contributed by atoms with Crippen LogP contribution in [0.4, 0.5) is 0 Å². The third kappa shape index (κ3) is 3.13. The molecule has 1 heterocycles. The molecule has 0 saturated heterocycles. The Kier molecular flexibility index (Phi) is 3.82. The molecule has 3 heteroatoms. The van der Waals surface area contributed by atoms with E-state index >= 15 is 0 Å². The molecule has 0 aliphatic heterocycles. The molecule has 0 saturated carbocycles. The van der Waals surface area contributed by atoms with Crippen LogP contribution in [-0.4, -0.2) is 23.1 Å². The Morgan fingerprint density at radius 3 is 2.83 bits per heavy atom. The summed E-state index contributed by atoms with van der Waals surface area (Å²) in [6.45, 7) is 3.71. The van der Waals surface area contributed by atoms with Crippen molar-refractivity contribution in [1.29, 1.82) is 0 Å². The molecule has 1 rings (SSSR count). The van der Waals surface area contributed by atoms with Crippen molar-refractivity contribution in [2.45, 2.75) is 6.92 Å². The second kappa shape index (κ2) is 5.28. The van der Waals surface area contributed by atoms with Crippen molar-refractivity contribution < 1.29 is 0 Å². The lowest BCUT2D eigenvalue weighted by molar-refractivity contribution is 0.811. The van der Waals surface area contributed by atoms with E-state index in [1.807, 2.05) is 6.92 Å². The van der Waals surface area contributed by atoms with E-state index in [2.05, 4.69) is 27.1 Å². The fourth-order valence-electron chi connectivity index (χ4n) is 0.697. The molecule has 62 valence electrons. The molecule has 3 nitrogen and oxygen atoms in total. The van der Waals surface area contributed by atoms with E-state index in [-0.39, 0.29) is 0 Å². The molecule has 0 aliphatic carbocycles. The largest absolute Gasteiger partial charge is 0.306 e. The van der Waals surface area contributed by atoms with Gasteiger partial charge in [-0.3, -0.25) is 0 Å². The fourth-order valence-corrected chi connectivity index (χ4v) is 0.697. The van der Waals surface area contributed by atoms with E-state index in [9.17, 15) is 0 Å². The molecule has 0 radical (unpaired) electrons. The van der Waals surface area contributed by atoms with Gasteiger partial charge in [0.2, 0.25) is 0 Å². The van der Waals surface area contributed by atoms with Crippen LogP contribution in [0.15, 0.2) is 18.7 Å². The summed E-state index contributed by atoms with van der Waals surface area (Å²) in [5, 5.41) is 3.10. The molecular weight excluding hydrogens is 150 g/mol. The van der Waals surface area contributed by atoms with Crippen LogP contribution in [0.5, 0.6) is 0 Å². The van der Waals surface area contributed by atoms with E-state index in [4.69, 9.17) is 0 Å². The average molecular weight is 161 g/mol. The van der Waals surface area contributed by atoms with Crippen LogP contribution in [-0.2, 0) is 0 Å². The van der Waals surface area contributed by atoms with Crippen molar-refractivity contribution in [3.63, 3.8) is 0 Å². The maximum absolute atomic E-state index is 3.85. The highest BCUT2D eigenvalue weighted by atomic mass is 14.8. The van der Waals surface area contributed by atoms with Crippen LogP contribution in [0.1, 0.15) is 12.5 Å². The Labute approximate surface area is 72.2 Å². The Hall–Kier alpha value is -1.40. The van der Waals surface area contributed by atoms with Gasteiger partial charge >= 0.3 is 0 Å². The standard InChI is InChI=1S/C9H11N3/c1-2-10-5-3-4-9-6-11-8-12-7-9/h6-8,10H,2,5H2,1H3. The topological polar surface area (TPSA) is 37.8 Å². The van der Waals surface area contributed by atoms with E-state index in [1.165, 1.54) is 6.33 Å². The highest BCUT2D eigenvalue weighted by Gasteiger charge is 1.82. The van der Waals surface area contributed by atoms with Crippen molar-refractivity contribution in [3.8, 4) is 11.8 Å². The average Bonchev–Trinajstić information content (AvgIpc) is 2.14. The van der Waals surface area contributed by atoms with Crippen LogP contribution >= 0.6 is 0 Å². The van der Waals surface area contributed by atoms with Crippen LogP contribution in [0.3, 0.4) is 0 Å². The third-order valence-corrected chi connectivity index (χ3v) is 1.26. The third-order valence-electron chi connectivity index (χ3n) is 1.26. The molecule has 0 fully saturated rings. The number of hydrogen-bond donors (Lipinski definition) is 1. The quantitative estimate of drug-likeness (QED) is 0.505. The molecule has 12 heavy (non-hydrogen) atoms. The van der Waals surface area contributed by atoms with Gasteiger partial charge in [0.05, 0.1) is 12.1 Å². The predicted octanol–water partition coefficient (Wildman–Crippen LogP) is 0.438. The molecule has 0 aliphatic rings. The van der Waals surface area contributed by atoms with E-state index in [0.29, 0.717) is 6.54 Å². The smallest absolute Gasteiger partial charge is 0.115 e. The molecule has 0 unspecified atom stereocenters. The van der Waals surface area contributed by atoms with Gasteiger partial charge in [-0.05, 0) is 6.54 Å². The summed E-state index contributed by atoms with van der Waals surface area (Å²) in [4.78, 5) is 7.70. The molecule has 0 bridgehead atoms. The van der Waals surface area contributed by atoms with Gasteiger partial charge in [-0.25, -0.2) is 9.97 Å². The normalized spacial score (nSPS) is 8.75. The van der Waals surface area contributed by atoms with Crippen LogP contribution in [0, 0.1) is 11.8 Å². The second-order valence-electron chi connectivity index (χ2n) is 2.21. The molecule has 1 aromatic rings.